The van der Waals surface area contributed by atoms with Crippen molar-refractivity contribution in [1.82, 2.24) is 14.7 Å². The normalized spacial score (nSPS) is 10.3. The van der Waals surface area contributed by atoms with Crippen LogP contribution in [0.3, 0.4) is 0 Å². The molecule has 0 unspecified atom stereocenters. The fourth-order valence-electron chi connectivity index (χ4n) is 0.765. The number of aromatic nitrogens is 2. The Labute approximate surface area is 127 Å². The van der Waals surface area contributed by atoms with Crippen LogP contribution in [0.2, 0.25) is 0 Å². The first-order chi connectivity index (χ1) is 7.23. The minimum Gasteiger partial charge on any atom is -0.358 e. The van der Waals surface area contributed by atoms with Crippen LogP contribution >= 0.6 is 0 Å². The molecule has 0 aliphatic rings. The first-order valence-corrected chi connectivity index (χ1v) is 6.05. The molecule has 1 aromatic heterocycles. The van der Waals surface area contributed by atoms with Crippen LogP contribution in [0.4, 0.5) is 0 Å². The third kappa shape index (κ3) is 6.70. The van der Waals surface area contributed by atoms with Gasteiger partial charge in [0, 0.05) is 30.2 Å². The van der Waals surface area contributed by atoms with E-state index in [1.165, 1.54) is 12.3 Å². The van der Waals surface area contributed by atoms with Gasteiger partial charge < -0.3 is 7.43 Å². The molecule has 1 heterocycles. The van der Waals surface area contributed by atoms with Gasteiger partial charge in [-0.1, -0.05) is 28.2 Å². The molecule has 8 heteroatoms. The minimum absolute atomic E-state index is 0. The predicted molar refractivity (Wildman–Crippen MR) is 70.0 cm³/mol. The first kappa shape index (κ1) is 23.2. The van der Waals surface area contributed by atoms with Crippen molar-refractivity contribution in [2.45, 2.75) is 33.2 Å². The Morgan fingerprint density at radius 1 is 1.32 bits per heavy atom. The summed E-state index contributed by atoms with van der Waals surface area (Å²) in [6.45, 7) is 4.87. The topological polar surface area (TPSA) is 89.0 Å². The molecule has 109 valence electrons. The molecule has 0 spiro atoms. The third-order valence-electron chi connectivity index (χ3n) is 1.74. The van der Waals surface area contributed by atoms with Crippen molar-refractivity contribution in [1.29, 1.82) is 0 Å². The number of sulfonamides is 1. The minimum atomic E-state index is -3.89. The van der Waals surface area contributed by atoms with Gasteiger partial charge in [-0.25, -0.2) is 14.7 Å². The summed E-state index contributed by atoms with van der Waals surface area (Å²) in [7, 11) is -3.89. The van der Waals surface area contributed by atoms with Crippen LogP contribution < -0.4 is 4.72 Å². The molecule has 1 N–H and O–H groups in total. The van der Waals surface area contributed by atoms with Gasteiger partial charge in [0.05, 0.1) is 0 Å². The van der Waals surface area contributed by atoms with Crippen molar-refractivity contribution >= 4 is 15.9 Å². The van der Waals surface area contributed by atoms with Crippen molar-refractivity contribution in [3.63, 3.8) is 0 Å². The smallest absolute Gasteiger partial charge is 0.281 e. The number of amides is 1. The van der Waals surface area contributed by atoms with Crippen molar-refractivity contribution < 1.29 is 31.8 Å². The number of hydrogen-bond acceptors (Lipinski definition) is 5. The van der Waals surface area contributed by atoms with E-state index >= 15 is 0 Å². The average molecular weight is 325 g/mol. The second kappa shape index (κ2) is 8.29. The van der Waals surface area contributed by atoms with Crippen LogP contribution in [0.1, 0.15) is 28.2 Å². The van der Waals surface area contributed by atoms with Crippen LogP contribution in [0, 0.1) is 12.8 Å². The van der Waals surface area contributed by atoms with Crippen LogP contribution in [-0.2, 0) is 33.4 Å². The Balaban J connectivity index is -0.000000853. The maximum atomic E-state index is 11.7. The molecule has 1 aromatic rings. The van der Waals surface area contributed by atoms with Gasteiger partial charge in [-0.15, -0.1) is 0 Å². The Bertz CT molecular complexity index is 484. The molecule has 6 nitrogen and oxygen atoms in total. The summed E-state index contributed by atoms with van der Waals surface area (Å²) in [6, 6.07) is 1.22. The molecule has 0 saturated heterocycles. The van der Waals surface area contributed by atoms with E-state index in [1.807, 2.05) is 4.72 Å². The summed E-state index contributed by atoms with van der Waals surface area (Å²) < 4.78 is 25.3. The number of rotatable bonds is 2. The Kier molecular flexibility index (Phi) is 10.1. The summed E-state index contributed by atoms with van der Waals surface area (Å²) in [4.78, 5) is 18.7. The molecule has 0 fully saturated rings. The molecule has 19 heavy (non-hydrogen) atoms. The van der Waals surface area contributed by atoms with E-state index < -0.39 is 21.3 Å². The monoisotopic (exact) mass is 325 g/mol. The van der Waals surface area contributed by atoms with Crippen LogP contribution in [-0.4, -0.2) is 24.3 Å². The quantitative estimate of drug-likeness (QED) is 0.656. The molecule has 1 rings (SSSR count). The zero-order valence-corrected chi connectivity index (χ0v) is 12.9. The first-order valence-electron chi connectivity index (χ1n) is 4.57. The molecular formula is C11H20N3O3SV-. The number of hydrogen-bond donors (Lipinski definition) is 1. The van der Waals surface area contributed by atoms with E-state index in [-0.39, 0.29) is 38.4 Å². The summed E-state index contributed by atoms with van der Waals surface area (Å²) in [5.74, 6) is -0.578. The summed E-state index contributed by atoms with van der Waals surface area (Å²) in [6.07, 6.45) is 2.40. The standard InChI is InChI=1S/C9H13N3O3S.CH4.CH3.V/c1-9(2,3)8(13)12-16(14,15)7-4-5-10-6-11-7;;;/h4-6H,1-3H3,(H,12,13);1H4;1H3;/q;;-1;. The van der Waals surface area contributed by atoms with Gasteiger partial charge in [0.2, 0.25) is 5.91 Å². The maximum Gasteiger partial charge on any atom is 0.281 e. The number of nitrogens with one attached hydrogen (secondary N) is 1. The molecule has 1 amide bonds. The molecule has 0 aromatic carbocycles. The van der Waals surface area contributed by atoms with Crippen LogP contribution in [0.5, 0.6) is 0 Å². The number of carbonyl (C=O) groups excluding carboxylic acids is 1. The van der Waals surface area contributed by atoms with Gasteiger partial charge in [-0.3, -0.25) is 4.79 Å². The van der Waals surface area contributed by atoms with E-state index in [0.717, 1.165) is 6.33 Å². The van der Waals surface area contributed by atoms with Gasteiger partial charge in [0.15, 0.2) is 5.03 Å². The van der Waals surface area contributed by atoms with E-state index in [4.69, 9.17) is 0 Å². The van der Waals surface area contributed by atoms with Crippen molar-refractivity contribution in [3.05, 3.63) is 26.0 Å². The maximum absolute atomic E-state index is 11.7. The van der Waals surface area contributed by atoms with Crippen molar-refractivity contribution in [2.24, 2.45) is 5.41 Å². The Morgan fingerprint density at radius 2 is 1.84 bits per heavy atom. The van der Waals surface area contributed by atoms with Gasteiger partial charge in [0.1, 0.15) is 6.33 Å². The fraction of sp³-hybridized carbons (Fsp3) is 0.455. The van der Waals surface area contributed by atoms with Crippen LogP contribution in [0.15, 0.2) is 23.6 Å². The van der Waals surface area contributed by atoms with Gasteiger partial charge in [-0.2, -0.15) is 8.42 Å². The number of nitrogens with zero attached hydrogens (tertiary/aromatic N) is 2. The van der Waals surface area contributed by atoms with Gasteiger partial charge in [-0.05, 0) is 6.07 Å². The fourth-order valence-corrected chi connectivity index (χ4v) is 1.85. The van der Waals surface area contributed by atoms with Crippen molar-refractivity contribution in [2.75, 3.05) is 0 Å². The number of carbonyl (C=O) groups is 1. The average Bonchev–Trinajstić information content (AvgIpc) is 2.17. The van der Waals surface area contributed by atoms with E-state index in [2.05, 4.69) is 9.97 Å². The SMILES string of the molecule is C.CC(C)(C)C(=O)NS(=O)(=O)c1ccncn1.[CH3-].[V]. The molecule has 0 saturated carbocycles. The summed E-state index contributed by atoms with van der Waals surface area (Å²) in [5, 5.41) is -0.222. The molecule has 0 atom stereocenters. The predicted octanol–water partition coefficient (Wildman–Crippen LogP) is 1.41. The largest absolute Gasteiger partial charge is 0.358 e. The molecular weight excluding hydrogens is 305 g/mol. The Hall–Kier alpha value is -0.916. The second-order valence-corrected chi connectivity index (χ2v) is 5.86. The van der Waals surface area contributed by atoms with Crippen molar-refractivity contribution in [3.8, 4) is 0 Å². The van der Waals surface area contributed by atoms with Crippen LogP contribution in [0.25, 0.3) is 0 Å². The molecule has 1 radical (unpaired) electrons. The Morgan fingerprint density at radius 3 is 2.21 bits per heavy atom. The second-order valence-electron chi connectivity index (χ2n) is 4.23. The molecule has 0 aliphatic heterocycles. The van der Waals surface area contributed by atoms with Gasteiger partial charge >= 0.3 is 0 Å². The van der Waals surface area contributed by atoms with E-state index in [1.54, 1.807) is 20.8 Å². The van der Waals surface area contributed by atoms with E-state index in [9.17, 15) is 13.2 Å². The third-order valence-corrected chi connectivity index (χ3v) is 2.98. The summed E-state index contributed by atoms with van der Waals surface area (Å²) in [5.41, 5.74) is -0.778. The van der Waals surface area contributed by atoms with Gasteiger partial charge in [0.25, 0.3) is 10.0 Å². The molecule has 0 bridgehead atoms. The molecule has 0 aliphatic carbocycles. The van der Waals surface area contributed by atoms with E-state index in [0.29, 0.717) is 0 Å². The zero-order chi connectivity index (χ0) is 12.4. The summed E-state index contributed by atoms with van der Waals surface area (Å²) >= 11 is 0. The zero-order valence-electron chi connectivity index (χ0n) is 10.7.